The van der Waals surface area contributed by atoms with Gasteiger partial charge in [0.1, 0.15) is 0 Å². The lowest BCUT2D eigenvalue weighted by molar-refractivity contribution is 0.464. The Kier molecular flexibility index (Phi) is 4.61. The van der Waals surface area contributed by atoms with Crippen LogP contribution in [0.15, 0.2) is 24.3 Å². The lowest BCUT2D eigenvalue weighted by atomic mass is 9.83. The zero-order valence-electron chi connectivity index (χ0n) is 13.0. The molecular formula is C17H27N. The molecule has 0 saturated carbocycles. The van der Waals surface area contributed by atoms with E-state index >= 15 is 0 Å². The van der Waals surface area contributed by atoms with Gasteiger partial charge in [0.05, 0.1) is 0 Å². The van der Waals surface area contributed by atoms with Gasteiger partial charge in [-0.15, -0.1) is 0 Å². The second-order valence-electron chi connectivity index (χ2n) is 5.72. The summed E-state index contributed by atoms with van der Waals surface area (Å²) in [6.45, 7) is 14.2. The molecule has 0 amide bonds. The van der Waals surface area contributed by atoms with Gasteiger partial charge in [-0.25, -0.2) is 0 Å². The monoisotopic (exact) mass is 245 g/mol. The van der Waals surface area contributed by atoms with Crippen molar-refractivity contribution >= 4 is 11.3 Å². The van der Waals surface area contributed by atoms with Crippen molar-refractivity contribution in [3.63, 3.8) is 0 Å². The first-order chi connectivity index (χ1) is 8.41. The summed E-state index contributed by atoms with van der Waals surface area (Å²) in [6.07, 6.45) is 0. The third kappa shape index (κ3) is 2.77. The summed E-state index contributed by atoms with van der Waals surface area (Å²) < 4.78 is 0. The predicted molar refractivity (Wildman–Crippen MR) is 81.6 cm³/mol. The van der Waals surface area contributed by atoms with E-state index in [4.69, 9.17) is 0 Å². The number of rotatable bonds is 0. The van der Waals surface area contributed by atoms with Crippen molar-refractivity contribution in [3.05, 3.63) is 34.7 Å². The minimum atomic E-state index is 0.241. The van der Waals surface area contributed by atoms with Crippen molar-refractivity contribution in [1.29, 1.82) is 0 Å². The second kappa shape index (κ2) is 5.60. The van der Waals surface area contributed by atoms with E-state index in [0.29, 0.717) is 0 Å². The molecule has 1 nitrogen and oxygen atoms in total. The molecule has 0 unspecified atom stereocenters. The van der Waals surface area contributed by atoms with Gasteiger partial charge in [0, 0.05) is 24.5 Å². The molecular weight excluding hydrogens is 218 g/mol. The topological polar surface area (TPSA) is 3.24 Å². The maximum Gasteiger partial charge on any atom is 0.0397 e. The van der Waals surface area contributed by atoms with Gasteiger partial charge in [0.25, 0.3) is 0 Å². The third-order valence-corrected chi connectivity index (χ3v) is 3.52. The standard InChI is InChI=1S/C15H21N.C2H6/c1-11-12-8-6-7-9-13(12)14(10-16(11)5)15(2,3)4;1-2/h6-9H,10H2,1-5H3;1-2H3. The average molecular weight is 245 g/mol. The molecule has 1 aromatic carbocycles. The molecule has 0 radical (unpaired) electrons. The van der Waals surface area contributed by atoms with E-state index in [2.05, 4.69) is 63.9 Å². The number of hydrogen-bond acceptors (Lipinski definition) is 1. The van der Waals surface area contributed by atoms with E-state index in [9.17, 15) is 0 Å². The van der Waals surface area contributed by atoms with E-state index in [1.54, 1.807) is 0 Å². The lowest BCUT2D eigenvalue weighted by Gasteiger charge is -2.32. The Morgan fingerprint density at radius 2 is 1.50 bits per heavy atom. The third-order valence-electron chi connectivity index (χ3n) is 3.52. The fraction of sp³-hybridized carbons (Fsp3) is 0.529. The SMILES string of the molecule is CC.CC1=c2ccccc2=C(C(C)(C)C)CN1C. The van der Waals surface area contributed by atoms with Crippen molar-refractivity contribution in [3.8, 4) is 0 Å². The summed E-state index contributed by atoms with van der Waals surface area (Å²) in [5.74, 6) is 0. The molecule has 0 spiro atoms. The smallest absolute Gasteiger partial charge is 0.0397 e. The van der Waals surface area contributed by atoms with Crippen LogP contribution in [0.2, 0.25) is 0 Å². The molecule has 0 aromatic heterocycles. The minimum absolute atomic E-state index is 0.241. The Morgan fingerprint density at radius 1 is 1.00 bits per heavy atom. The highest BCUT2D eigenvalue weighted by molar-refractivity contribution is 5.60. The Bertz CT molecular complexity index is 517. The van der Waals surface area contributed by atoms with Crippen LogP contribution in [-0.4, -0.2) is 18.5 Å². The van der Waals surface area contributed by atoms with Crippen LogP contribution in [0.3, 0.4) is 0 Å². The molecule has 1 aromatic rings. The van der Waals surface area contributed by atoms with Gasteiger partial charge in [-0.3, -0.25) is 0 Å². The van der Waals surface area contributed by atoms with Crippen LogP contribution in [0.25, 0.3) is 11.3 Å². The quantitative estimate of drug-likeness (QED) is 0.679. The van der Waals surface area contributed by atoms with Gasteiger partial charge in [0.15, 0.2) is 0 Å². The molecule has 18 heavy (non-hydrogen) atoms. The van der Waals surface area contributed by atoms with Gasteiger partial charge in [-0.05, 0) is 23.1 Å². The zero-order chi connectivity index (χ0) is 13.9. The van der Waals surface area contributed by atoms with Crippen molar-refractivity contribution in [1.82, 2.24) is 4.90 Å². The maximum atomic E-state index is 2.35. The average Bonchev–Trinajstić information content (AvgIpc) is 2.35. The van der Waals surface area contributed by atoms with Crippen LogP contribution in [0.1, 0.15) is 41.5 Å². The number of fused-ring (bicyclic) bond motifs is 1. The lowest BCUT2D eigenvalue weighted by Crippen LogP contribution is -2.43. The van der Waals surface area contributed by atoms with Gasteiger partial charge < -0.3 is 4.90 Å². The van der Waals surface area contributed by atoms with Gasteiger partial charge >= 0.3 is 0 Å². The molecule has 0 saturated heterocycles. The summed E-state index contributed by atoms with van der Waals surface area (Å²) in [7, 11) is 2.18. The molecule has 0 aliphatic carbocycles. The van der Waals surface area contributed by atoms with Gasteiger partial charge in [-0.1, -0.05) is 58.9 Å². The molecule has 0 atom stereocenters. The first-order valence-corrected chi connectivity index (χ1v) is 6.92. The number of hydrogen-bond donors (Lipinski definition) is 0. The fourth-order valence-corrected chi connectivity index (χ4v) is 2.35. The van der Waals surface area contributed by atoms with E-state index < -0.39 is 0 Å². The highest BCUT2D eigenvalue weighted by Gasteiger charge is 2.22. The Labute approximate surface area is 112 Å². The highest BCUT2D eigenvalue weighted by atomic mass is 15.1. The van der Waals surface area contributed by atoms with Crippen LogP contribution >= 0.6 is 0 Å². The summed E-state index contributed by atoms with van der Waals surface area (Å²) in [6, 6.07) is 8.75. The van der Waals surface area contributed by atoms with Crippen LogP contribution in [0.4, 0.5) is 0 Å². The van der Waals surface area contributed by atoms with Crippen LogP contribution in [-0.2, 0) is 0 Å². The van der Waals surface area contributed by atoms with Gasteiger partial charge in [0.2, 0.25) is 0 Å². The van der Waals surface area contributed by atoms with Crippen LogP contribution < -0.4 is 10.4 Å². The summed E-state index contributed by atoms with van der Waals surface area (Å²) in [4.78, 5) is 2.35. The number of benzene rings is 1. The molecule has 0 bridgehead atoms. The van der Waals surface area contributed by atoms with E-state index in [1.807, 2.05) is 13.8 Å². The number of nitrogens with zero attached hydrogens (tertiary/aromatic N) is 1. The van der Waals surface area contributed by atoms with E-state index in [1.165, 1.54) is 21.7 Å². The van der Waals surface area contributed by atoms with Gasteiger partial charge in [-0.2, -0.15) is 0 Å². The normalized spacial score (nSPS) is 14.9. The van der Waals surface area contributed by atoms with Crippen LogP contribution in [0, 0.1) is 5.41 Å². The van der Waals surface area contributed by atoms with Crippen LogP contribution in [0.5, 0.6) is 0 Å². The fourth-order valence-electron chi connectivity index (χ4n) is 2.35. The maximum absolute atomic E-state index is 2.35. The van der Waals surface area contributed by atoms with E-state index in [-0.39, 0.29) is 5.41 Å². The Hall–Kier alpha value is -1.24. The van der Waals surface area contributed by atoms with E-state index in [0.717, 1.165) is 6.54 Å². The molecule has 0 N–H and O–H groups in total. The molecule has 0 fully saturated rings. The first-order valence-electron chi connectivity index (χ1n) is 6.92. The van der Waals surface area contributed by atoms with Crippen molar-refractivity contribution in [2.75, 3.05) is 13.6 Å². The van der Waals surface area contributed by atoms with Crippen molar-refractivity contribution in [2.45, 2.75) is 41.5 Å². The first kappa shape index (κ1) is 14.8. The van der Waals surface area contributed by atoms with Crippen molar-refractivity contribution < 1.29 is 0 Å². The predicted octanol–water partition coefficient (Wildman–Crippen LogP) is 2.98. The molecule has 1 aliphatic heterocycles. The Balaban J connectivity index is 0.000000771. The summed E-state index contributed by atoms with van der Waals surface area (Å²) >= 11 is 0. The molecule has 100 valence electrons. The molecule has 1 heterocycles. The summed E-state index contributed by atoms with van der Waals surface area (Å²) in [5, 5.41) is 2.83. The second-order valence-corrected chi connectivity index (χ2v) is 5.72. The molecule has 1 aliphatic rings. The summed E-state index contributed by atoms with van der Waals surface area (Å²) in [5.41, 5.74) is 3.16. The zero-order valence-corrected chi connectivity index (χ0v) is 13.0. The molecule has 1 heteroatoms. The van der Waals surface area contributed by atoms with Crippen molar-refractivity contribution in [2.24, 2.45) is 5.41 Å². The molecule has 2 rings (SSSR count). The highest BCUT2D eigenvalue weighted by Crippen LogP contribution is 2.27. The largest absolute Gasteiger partial charge is 0.374 e. The Morgan fingerprint density at radius 3 is 2.00 bits per heavy atom. The minimum Gasteiger partial charge on any atom is -0.374 e.